The van der Waals surface area contributed by atoms with Gasteiger partial charge in [0.2, 0.25) is 0 Å². The lowest BCUT2D eigenvalue weighted by molar-refractivity contribution is 2.20. The quantitative estimate of drug-likeness (QED) is 0.569. The summed E-state index contributed by atoms with van der Waals surface area (Å²) in [5, 5.41) is 0.389. The Bertz CT molecular complexity index is 8.49. The number of alkyl halides is 4. The molecule has 0 saturated heterocycles. The summed E-state index contributed by atoms with van der Waals surface area (Å²) in [6.07, 6.45) is 0. The van der Waals surface area contributed by atoms with E-state index >= 15 is 0 Å². The van der Waals surface area contributed by atoms with Crippen LogP contribution in [0.2, 0.25) is 0 Å². The zero-order valence-electron chi connectivity index (χ0n) is 3.74. The Morgan fingerprint density at radius 3 is 0.625 bits per heavy atom. The first-order valence-corrected chi connectivity index (χ1v) is 3.21. The van der Waals surface area contributed by atoms with Crippen molar-refractivity contribution in [3.8, 4) is 0 Å². The molecule has 0 aliphatic carbocycles. The van der Waals surface area contributed by atoms with Gasteiger partial charge in [0.1, 0.15) is 0 Å². The number of rotatable bonds is 0. The van der Waals surface area contributed by atoms with Crippen molar-refractivity contribution in [1.82, 2.24) is 0 Å². The molecular formula is C2H6Cl6. The van der Waals surface area contributed by atoms with Crippen molar-refractivity contribution in [2.24, 2.45) is 0 Å². The first kappa shape index (κ1) is 22.6. The summed E-state index contributed by atoms with van der Waals surface area (Å²) in [6.45, 7) is 0. The fraction of sp³-hybridized carbons (Fsp3) is 1.00. The molecule has 0 aliphatic rings. The highest BCUT2D eigenvalue weighted by Gasteiger charge is 1.42. The van der Waals surface area contributed by atoms with Crippen LogP contribution in [0, 0.1) is 0 Å². The molecule has 0 bridgehead atoms. The van der Waals surface area contributed by atoms with E-state index in [0.717, 1.165) is 0 Å². The number of hydrogen-bond donors (Lipinski definition) is 0. The highest BCUT2D eigenvalue weighted by atomic mass is 35.5. The van der Waals surface area contributed by atoms with E-state index in [1.807, 2.05) is 0 Å². The van der Waals surface area contributed by atoms with Crippen molar-refractivity contribution >= 4 is 71.2 Å². The third kappa shape index (κ3) is 116. The van der Waals surface area contributed by atoms with Crippen LogP contribution >= 0.6 is 71.2 Å². The maximum absolute atomic E-state index is 4.76. The molecule has 0 aromatic carbocycles. The van der Waals surface area contributed by atoms with E-state index in [4.69, 9.17) is 46.4 Å². The van der Waals surface area contributed by atoms with Crippen molar-refractivity contribution in [2.45, 2.75) is 0 Å². The molecule has 0 aromatic heterocycles. The average molecular weight is 243 g/mol. The summed E-state index contributed by atoms with van der Waals surface area (Å²) in [7, 11) is 0. The fourth-order valence-electron chi connectivity index (χ4n) is 0. The van der Waals surface area contributed by atoms with Crippen LogP contribution in [0.25, 0.3) is 0 Å². The highest BCUT2D eigenvalue weighted by molar-refractivity contribution is 6.40. The van der Waals surface area contributed by atoms with Gasteiger partial charge in [-0.3, -0.25) is 0 Å². The first-order chi connectivity index (χ1) is 2.83. The predicted octanol–water partition coefficient (Wildman–Crippen LogP) is 3.69. The molecule has 6 heteroatoms. The van der Waals surface area contributed by atoms with Crippen LogP contribution in [0.3, 0.4) is 0 Å². The van der Waals surface area contributed by atoms with Gasteiger partial charge in [-0.1, -0.05) is 0 Å². The van der Waals surface area contributed by atoms with E-state index < -0.39 is 0 Å². The molecular weight excluding hydrogens is 237 g/mol. The molecule has 8 heavy (non-hydrogen) atoms. The lowest BCUT2D eigenvalue weighted by Gasteiger charge is -1.42. The van der Waals surface area contributed by atoms with Crippen LogP contribution in [0.5, 0.6) is 0 Å². The van der Waals surface area contributed by atoms with Gasteiger partial charge in [0.15, 0.2) is 0 Å². The van der Waals surface area contributed by atoms with Gasteiger partial charge >= 0.3 is 0 Å². The average Bonchev–Trinajstić information content (AvgIpc) is 1.39. The summed E-state index contributed by atoms with van der Waals surface area (Å²) in [6, 6.07) is 0. The zero-order valence-corrected chi connectivity index (χ0v) is 8.40. The Kier molecular flexibility index (Phi) is 106. The summed E-state index contributed by atoms with van der Waals surface area (Å²) >= 11 is 19.1. The molecule has 0 atom stereocenters. The molecule has 0 saturated carbocycles. The topological polar surface area (TPSA) is 0 Å². The third-order valence-corrected chi connectivity index (χ3v) is 0. The van der Waals surface area contributed by atoms with Gasteiger partial charge in [0.05, 0.1) is 10.7 Å². The molecule has 56 valence electrons. The molecule has 0 fully saturated rings. The molecule has 0 amide bonds. The Balaban J connectivity index is -0.0000000160. The molecule has 0 rings (SSSR count). The van der Waals surface area contributed by atoms with Crippen LogP contribution in [0.15, 0.2) is 0 Å². The van der Waals surface area contributed by atoms with Gasteiger partial charge in [0.25, 0.3) is 0 Å². The van der Waals surface area contributed by atoms with E-state index in [9.17, 15) is 0 Å². The molecule has 0 nitrogen and oxygen atoms in total. The van der Waals surface area contributed by atoms with Gasteiger partial charge in [-0.2, -0.15) is 0 Å². The fourth-order valence-corrected chi connectivity index (χ4v) is 0. The number of hydrogen-bond acceptors (Lipinski definition) is 0. The maximum Gasteiger partial charge on any atom is 0.0967 e. The van der Waals surface area contributed by atoms with Crippen LogP contribution in [0.1, 0.15) is 0 Å². The maximum atomic E-state index is 4.76. The Labute approximate surface area is 81.6 Å². The Morgan fingerprint density at radius 2 is 0.625 bits per heavy atom. The standard InChI is InChI=1S/2CH2Cl2.2ClH/c2*2-1-3;;/h2*1H2;2*1H. The van der Waals surface area contributed by atoms with E-state index in [0.29, 0.717) is 0 Å². The lowest BCUT2D eigenvalue weighted by Crippen LogP contribution is -1.24. The van der Waals surface area contributed by atoms with Gasteiger partial charge in [-0.25, -0.2) is 0 Å². The number of halogens is 6. The molecule has 0 radical (unpaired) electrons. The molecule has 0 spiro atoms. The van der Waals surface area contributed by atoms with Gasteiger partial charge < -0.3 is 0 Å². The largest absolute Gasteiger partial charge is 0.147 e. The predicted molar refractivity (Wildman–Crippen MR) is 47.6 cm³/mol. The normalized spacial score (nSPS) is 4.50. The minimum Gasteiger partial charge on any atom is -0.147 e. The van der Waals surface area contributed by atoms with Crippen LogP contribution in [-0.2, 0) is 0 Å². The third-order valence-electron chi connectivity index (χ3n) is 0. The second kappa shape index (κ2) is 37.4. The van der Waals surface area contributed by atoms with Gasteiger partial charge in [-0.15, -0.1) is 71.2 Å². The van der Waals surface area contributed by atoms with Crippen LogP contribution in [0.4, 0.5) is 0 Å². The second-order valence-corrected chi connectivity index (χ2v) is 1.82. The van der Waals surface area contributed by atoms with Crippen molar-refractivity contribution < 1.29 is 0 Å². The van der Waals surface area contributed by atoms with Crippen molar-refractivity contribution in [2.75, 3.05) is 10.7 Å². The summed E-state index contributed by atoms with van der Waals surface area (Å²) in [5.74, 6) is 0. The molecule has 0 aromatic rings. The van der Waals surface area contributed by atoms with Crippen molar-refractivity contribution in [3.05, 3.63) is 0 Å². The monoisotopic (exact) mass is 240 g/mol. The second-order valence-electron chi connectivity index (χ2n) is 0.202. The lowest BCUT2D eigenvalue weighted by atomic mass is 11.9. The van der Waals surface area contributed by atoms with Crippen LogP contribution in [-0.4, -0.2) is 10.7 Å². The van der Waals surface area contributed by atoms with E-state index in [-0.39, 0.29) is 35.5 Å². The molecule has 0 N–H and O–H groups in total. The molecule has 0 aliphatic heterocycles. The minimum atomic E-state index is 0. The van der Waals surface area contributed by atoms with Crippen LogP contribution < -0.4 is 0 Å². The summed E-state index contributed by atoms with van der Waals surface area (Å²) in [4.78, 5) is 0. The van der Waals surface area contributed by atoms with E-state index in [2.05, 4.69) is 0 Å². The first-order valence-electron chi connectivity index (χ1n) is 1.07. The Hall–Kier alpha value is 1.74. The zero-order chi connectivity index (χ0) is 5.41. The van der Waals surface area contributed by atoms with E-state index in [1.165, 1.54) is 0 Å². The minimum absolute atomic E-state index is 0. The highest BCUT2D eigenvalue weighted by Crippen LogP contribution is 1.73. The summed E-state index contributed by atoms with van der Waals surface area (Å²) < 4.78 is 0. The summed E-state index contributed by atoms with van der Waals surface area (Å²) in [5.41, 5.74) is 0. The van der Waals surface area contributed by atoms with Gasteiger partial charge in [-0.05, 0) is 0 Å². The SMILES string of the molecule is Cl.Cl.ClCCl.ClCCl. The van der Waals surface area contributed by atoms with Gasteiger partial charge in [0, 0.05) is 0 Å². The Morgan fingerprint density at radius 1 is 0.625 bits per heavy atom. The smallest absolute Gasteiger partial charge is 0.0967 e. The molecule has 0 unspecified atom stereocenters. The van der Waals surface area contributed by atoms with Crippen molar-refractivity contribution in [3.63, 3.8) is 0 Å². The van der Waals surface area contributed by atoms with Crippen molar-refractivity contribution in [1.29, 1.82) is 0 Å². The van der Waals surface area contributed by atoms with E-state index in [1.54, 1.807) is 0 Å². The molecule has 0 heterocycles.